The molecule has 1 N–H and O–H groups in total. The maximum absolute atomic E-state index is 10.7. The van der Waals surface area contributed by atoms with Crippen LogP contribution in [0.2, 0.25) is 0 Å². The highest BCUT2D eigenvalue weighted by Crippen LogP contribution is 2.13. The van der Waals surface area contributed by atoms with Gasteiger partial charge in [-0.2, -0.15) is 0 Å². The Balaban J connectivity index is 2.23. The SMILES string of the molecule is CNC(=O)OC1C[CH]N(C)C1. The van der Waals surface area contributed by atoms with E-state index in [1.54, 1.807) is 7.05 Å². The summed E-state index contributed by atoms with van der Waals surface area (Å²) in [6, 6.07) is 0. The summed E-state index contributed by atoms with van der Waals surface area (Å²) in [6.45, 7) is 2.82. The van der Waals surface area contributed by atoms with Crippen LogP contribution in [0.15, 0.2) is 0 Å². The normalized spacial score (nSPS) is 25.1. The Morgan fingerprint density at radius 3 is 3.00 bits per heavy atom. The Morgan fingerprint density at radius 1 is 1.82 bits per heavy atom. The van der Waals surface area contributed by atoms with Crippen molar-refractivity contribution in [2.75, 3.05) is 20.6 Å². The van der Waals surface area contributed by atoms with Crippen molar-refractivity contribution in [1.82, 2.24) is 10.2 Å². The molecule has 0 aromatic rings. The van der Waals surface area contributed by atoms with Crippen LogP contribution in [-0.4, -0.2) is 37.7 Å². The van der Waals surface area contributed by atoms with Gasteiger partial charge >= 0.3 is 6.09 Å². The average molecular weight is 157 g/mol. The first-order valence-electron chi connectivity index (χ1n) is 3.64. The van der Waals surface area contributed by atoms with Gasteiger partial charge in [-0.25, -0.2) is 4.79 Å². The van der Waals surface area contributed by atoms with Gasteiger partial charge in [0.05, 0.1) is 0 Å². The van der Waals surface area contributed by atoms with Crippen LogP contribution >= 0.6 is 0 Å². The van der Waals surface area contributed by atoms with Crippen LogP contribution < -0.4 is 5.32 Å². The number of rotatable bonds is 1. The second-order valence-electron chi connectivity index (χ2n) is 2.64. The Labute approximate surface area is 66.5 Å². The van der Waals surface area contributed by atoms with Crippen LogP contribution in [0, 0.1) is 6.54 Å². The standard InChI is InChI=1S/C7H13N2O2/c1-8-7(10)11-6-3-4-9(2)5-6/h4,6H,3,5H2,1-2H3,(H,8,10). The molecule has 0 aliphatic carbocycles. The fourth-order valence-electron chi connectivity index (χ4n) is 1.06. The maximum atomic E-state index is 10.7. The summed E-state index contributed by atoms with van der Waals surface area (Å²) in [5.74, 6) is 0. The van der Waals surface area contributed by atoms with Crippen molar-refractivity contribution in [2.45, 2.75) is 12.5 Å². The number of carbonyl (C=O) groups excluding carboxylic acids is 1. The van der Waals surface area contributed by atoms with E-state index >= 15 is 0 Å². The van der Waals surface area contributed by atoms with Crippen LogP contribution in [0.4, 0.5) is 4.79 Å². The zero-order valence-electron chi connectivity index (χ0n) is 6.83. The first kappa shape index (κ1) is 8.33. The van der Waals surface area contributed by atoms with E-state index in [9.17, 15) is 4.79 Å². The lowest BCUT2D eigenvalue weighted by atomic mass is 10.3. The third-order valence-electron chi connectivity index (χ3n) is 1.65. The van der Waals surface area contributed by atoms with Gasteiger partial charge in [0, 0.05) is 26.6 Å². The molecule has 0 aromatic heterocycles. The molecule has 4 heteroatoms. The van der Waals surface area contributed by atoms with Crippen molar-refractivity contribution in [2.24, 2.45) is 0 Å². The van der Waals surface area contributed by atoms with Crippen LogP contribution in [-0.2, 0) is 4.74 Å². The largest absolute Gasteiger partial charge is 0.445 e. The molecule has 11 heavy (non-hydrogen) atoms. The van der Waals surface area contributed by atoms with E-state index in [0.717, 1.165) is 13.0 Å². The monoisotopic (exact) mass is 157 g/mol. The Bertz CT molecular complexity index is 149. The molecule has 1 rings (SSSR count). The van der Waals surface area contributed by atoms with E-state index < -0.39 is 0 Å². The fourth-order valence-corrected chi connectivity index (χ4v) is 1.06. The van der Waals surface area contributed by atoms with Crippen LogP contribution in [0.5, 0.6) is 0 Å². The van der Waals surface area contributed by atoms with E-state index in [1.165, 1.54) is 0 Å². The van der Waals surface area contributed by atoms with E-state index in [4.69, 9.17) is 4.74 Å². The highest BCUT2D eigenvalue weighted by molar-refractivity contribution is 5.66. The number of alkyl carbamates (subject to hydrolysis) is 1. The molecule has 1 unspecified atom stereocenters. The molecule has 1 amide bonds. The minimum absolute atomic E-state index is 0.0277. The van der Waals surface area contributed by atoms with Gasteiger partial charge in [0.25, 0.3) is 0 Å². The smallest absolute Gasteiger partial charge is 0.407 e. The summed E-state index contributed by atoms with van der Waals surface area (Å²) >= 11 is 0. The number of likely N-dealkylation sites (tertiary alicyclic amines) is 1. The second-order valence-corrected chi connectivity index (χ2v) is 2.64. The predicted octanol–water partition coefficient (Wildman–Crippen LogP) is 0.208. The lowest BCUT2D eigenvalue weighted by molar-refractivity contribution is 0.104. The number of amides is 1. The molecule has 0 bridgehead atoms. The molecule has 1 saturated heterocycles. The quantitative estimate of drug-likeness (QED) is 0.591. The van der Waals surface area contributed by atoms with Crippen LogP contribution in [0.3, 0.4) is 0 Å². The van der Waals surface area contributed by atoms with Gasteiger partial charge in [0.15, 0.2) is 0 Å². The van der Waals surface area contributed by atoms with Crippen molar-refractivity contribution >= 4 is 6.09 Å². The van der Waals surface area contributed by atoms with Gasteiger partial charge in [-0.05, 0) is 7.05 Å². The molecule has 63 valence electrons. The number of hydrogen-bond donors (Lipinski definition) is 1. The first-order valence-corrected chi connectivity index (χ1v) is 3.64. The van der Waals surface area contributed by atoms with Crippen molar-refractivity contribution in [1.29, 1.82) is 0 Å². The summed E-state index contributed by atoms with van der Waals surface area (Å²) in [7, 11) is 3.53. The van der Waals surface area contributed by atoms with Crippen LogP contribution in [0.1, 0.15) is 6.42 Å². The lowest BCUT2D eigenvalue weighted by Crippen LogP contribution is -2.27. The minimum Gasteiger partial charge on any atom is -0.445 e. The molecule has 1 radical (unpaired) electrons. The molecule has 1 aliphatic rings. The summed E-state index contributed by atoms with van der Waals surface area (Å²) < 4.78 is 5.01. The predicted molar refractivity (Wildman–Crippen MR) is 40.9 cm³/mol. The van der Waals surface area contributed by atoms with Gasteiger partial charge in [-0.15, -0.1) is 0 Å². The van der Waals surface area contributed by atoms with Gasteiger partial charge in [0.1, 0.15) is 6.10 Å². The molecule has 4 nitrogen and oxygen atoms in total. The summed E-state index contributed by atoms with van der Waals surface area (Å²) in [5, 5.41) is 2.41. The topological polar surface area (TPSA) is 41.6 Å². The molecule has 1 heterocycles. The number of nitrogens with zero attached hydrogens (tertiary/aromatic N) is 1. The van der Waals surface area contributed by atoms with Crippen molar-refractivity contribution in [3.63, 3.8) is 0 Å². The van der Waals surface area contributed by atoms with Gasteiger partial charge in [-0.3, -0.25) is 4.90 Å². The Morgan fingerprint density at radius 2 is 2.55 bits per heavy atom. The Kier molecular flexibility index (Phi) is 2.70. The zero-order valence-corrected chi connectivity index (χ0v) is 6.83. The highest BCUT2D eigenvalue weighted by atomic mass is 16.6. The van der Waals surface area contributed by atoms with E-state index in [0.29, 0.717) is 0 Å². The van der Waals surface area contributed by atoms with Crippen LogP contribution in [0.25, 0.3) is 0 Å². The summed E-state index contributed by atoms with van der Waals surface area (Å²) in [6.07, 6.45) is 0.503. The molecule has 1 fully saturated rings. The first-order chi connectivity index (χ1) is 5.22. The number of nitrogens with one attached hydrogen (secondary N) is 1. The molecular weight excluding hydrogens is 144 g/mol. The van der Waals surface area contributed by atoms with E-state index in [-0.39, 0.29) is 12.2 Å². The number of ether oxygens (including phenoxy) is 1. The molecule has 0 spiro atoms. The fraction of sp³-hybridized carbons (Fsp3) is 0.714. The minimum atomic E-state index is -0.348. The van der Waals surface area contributed by atoms with Gasteiger partial charge < -0.3 is 10.1 Å². The summed E-state index contributed by atoms with van der Waals surface area (Å²) in [5.41, 5.74) is 0. The second kappa shape index (κ2) is 3.57. The molecular formula is C7H13N2O2. The molecule has 0 saturated carbocycles. The average Bonchev–Trinajstić information content (AvgIpc) is 2.35. The molecule has 0 aromatic carbocycles. The van der Waals surface area contributed by atoms with Gasteiger partial charge in [-0.1, -0.05) is 0 Å². The highest BCUT2D eigenvalue weighted by Gasteiger charge is 2.22. The Hall–Kier alpha value is -0.770. The van der Waals surface area contributed by atoms with Gasteiger partial charge in [0.2, 0.25) is 0 Å². The third-order valence-corrected chi connectivity index (χ3v) is 1.65. The van der Waals surface area contributed by atoms with E-state index in [1.807, 2.05) is 18.5 Å². The van der Waals surface area contributed by atoms with Crippen molar-refractivity contribution in [3.05, 3.63) is 6.54 Å². The summed E-state index contributed by atoms with van der Waals surface area (Å²) in [4.78, 5) is 12.7. The number of hydrogen-bond acceptors (Lipinski definition) is 3. The molecule has 1 aliphatic heterocycles. The lowest BCUT2D eigenvalue weighted by Gasteiger charge is -2.10. The van der Waals surface area contributed by atoms with Crippen molar-refractivity contribution in [3.8, 4) is 0 Å². The maximum Gasteiger partial charge on any atom is 0.407 e. The molecule has 1 atom stereocenters. The number of carbonyl (C=O) groups is 1. The number of likely N-dealkylation sites (N-methyl/N-ethyl adjacent to an activating group) is 1. The zero-order chi connectivity index (χ0) is 8.27. The van der Waals surface area contributed by atoms with E-state index in [2.05, 4.69) is 5.32 Å². The third kappa shape index (κ3) is 2.38. The van der Waals surface area contributed by atoms with Crippen molar-refractivity contribution < 1.29 is 9.53 Å².